The Labute approximate surface area is 107 Å². The molecule has 2 rings (SSSR count). The molecule has 18 heavy (non-hydrogen) atoms. The number of hydrogen-bond acceptors (Lipinski definition) is 3. The van der Waals surface area contributed by atoms with Crippen LogP contribution in [0.4, 0.5) is 0 Å². The summed E-state index contributed by atoms with van der Waals surface area (Å²) < 4.78 is 1.98. The number of aliphatic carboxylic acids is 1. The van der Waals surface area contributed by atoms with Gasteiger partial charge in [0, 0.05) is 12.2 Å². The summed E-state index contributed by atoms with van der Waals surface area (Å²) in [6, 6.07) is 1.70. The molecule has 0 saturated heterocycles. The Balaban J connectivity index is 1.72. The van der Waals surface area contributed by atoms with Crippen LogP contribution in [-0.4, -0.2) is 33.4 Å². The zero-order valence-corrected chi connectivity index (χ0v) is 11.0. The summed E-state index contributed by atoms with van der Waals surface area (Å²) in [5.74, 6) is -0.375. The molecule has 0 spiro atoms. The zero-order chi connectivity index (χ0) is 13.1. The van der Waals surface area contributed by atoms with E-state index in [9.17, 15) is 4.79 Å². The third-order valence-electron chi connectivity index (χ3n) is 3.37. The van der Waals surface area contributed by atoms with Gasteiger partial charge in [-0.1, -0.05) is 0 Å². The van der Waals surface area contributed by atoms with Crippen LogP contribution in [-0.2, 0) is 11.3 Å². The maximum atomic E-state index is 11.0. The topological polar surface area (TPSA) is 67.2 Å². The molecule has 1 aliphatic carbocycles. The number of aromatic nitrogens is 2. The second-order valence-electron chi connectivity index (χ2n) is 5.11. The summed E-state index contributed by atoms with van der Waals surface area (Å²) in [7, 11) is 0. The van der Waals surface area contributed by atoms with E-state index in [0.717, 1.165) is 43.7 Å². The second-order valence-corrected chi connectivity index (χ2v) is 5.11. The molecule has 1 aliphatic rings. The highest BCUT2D eigenvalue weighted by Crippen LogP contribution is 2.32. The molecular weight excluding hydrogens is 230 g/mol. The van der Waals surface area contributed by atoms with Crippen LogP contribution >= 0.6 is 0 Å². The minimum Gasteiger partial charge on any atom is -0.480 e. The highest BCUT2D eigenvalue weighted by atomic mass is 16.4. The van der Waals surface area contributed by atoms with Crippen molar-refractivity contribution in [2.24, 2.45) is 5.92 Å². The van der Waals surface area contributed by atoms with Crippen LogP contribution in [0.5, 0.6) is 0 Å². The van der Waals surface area contributed by atoms with Gasteiger partial charge in [0.1, 0.15) is 6.04 Å². The van der Waals surface area contributed by atoms with Gasteiger partial charge in [-0.05, 0) is 51.6 Å². The Morgan fingerprint density at radius 1 is 1.61 bits per heavy atom. The first kappa shape index (κ1) is 13.1. The van der Waals surface area contributed by atoms with Crippen molar-refractivity contribution in [2.45, 2.75) is 45.7 Å². The van der Waals surface area contributed by atoms with E-state index in [2.05, 4.69) is 16.5 Å². The molecule has 2 N–H and O–H groups in total. The lowest BCUT2D eigenvalue weighted by molar-refractivity contribution is -0.140. The van der Waals surface area contributed by atoms with Crippen LogP contribution in [0.25, 0.3) is 0 Å². The van der Waals surface area contributed by atoms with Crippen LogP contribution in [0.15, 0.2) is 6.07 Å². The molecule has 0 aromatic carbocycles. The maximum absolute atomic E-state index is 11.0. The summed E-state index contributed by atoms with van der Waals surface area (Å²) in [6.45, 7) is 5.59. The quantitative estimate of drug-likeness (QED) is 0.718. The van der Waals surface area contributed by atoms with E-state index in [1.165, 1.54) is 0 Å². The van der Waals surface area contributed by atoms with E-state index in [4.69, 9.17) is 5.11 Å². The monoisotopic (exact) mass is 251 g/mol. The standard InChI is InChI=1S/C13H21N3O2/c1-9-8-10(2)16(15-9)7-3-6-14-12(13(17)18)11-4-5-11/h8,11-12,14H,3-7H2,1-2H3,(H,17,18). The van der Waals surface area contributed by atoms with Crippen LogP contribution in [0.2, 0.25) is 0 Å². The lowest BCUT2D eigenvalue weighted by Crippen LogP contribution is -2.39. The predicted molar refractivity (Wildman–Crippen MR) is 68.5 cm³/mol. The Kier molecular flexibility index (Phi) is 4.01. The second kappa shape index (κ2) is 5.52. The van der Waals surface area contributed by atoms with Gasteiger partial charge in [-0.2, -0.15) is 5.10 Å². The SMILES string of the molecule is Cc1cc(C)n(CCCNC(C(=O)O)C2CC2)n1. The fourth-order valence-corrected chi connectivity index (χ4v) is 2.27. The number of rotatable bonds is 7. The lowest BCUT2D eigenvalue weighted by atomic mass is 10.2. The summed E-state index contributed by atoms with van der Waals surface area (Å²) in [4.78, 5) is 11.0. The molecule has 0 amide bonds. The lowest BCUT2D eigenvalue weighted by Gasteiger charge is -2.13. The van der Waals surface area contributed by atoms with Gasteiger partial charge < -0.3 is 10.4 Å². The minimum atomic E-state index is -0.719. The van der Waals surface area contributed by atoms with Gasteiger partial charge in [-0.25, -0.2) is 0 Å². The first-order valence-electron chi connectivity index (χ1n) is 6.55. The van der Waals surface area contributed by atoms with Gasteiger partial charge in [0.25, 0.3) is 0 Å². The fraction of sp³-hybridized carbons (Fsp3) is 0.692. The van der Waals surface area contributed by atoms with Crippen molar-refractivity contribution in [3.8, 4) is 0 Å². The molecule has 100 valence electrons. The summed E-state index contributed by atoms with van der Waals surface area (Å²) >= 11 is 0. The number of nitrogens with zero attached hydrogens (tertiary/aromatic N) is 2. The first-order chi connectivity index (χ1) is 8.58. The van der Waals surface area contributed by atoms with Crippen molar-refractivity contribution in [3.05, 3.63) is 17.5 Å². The predicted octanol–water partition coefficient (Wildman–Crippen LogP) is 1.34. The van der Waals surface area contributed by atoms with E-state index in [-0.39, 0.29) is 6.04 Å². The van der Waals surface area contributed by atoms with Crippen LogP contribution in [0.3, 0.4) is 0 Å². The number of carbonyl (C=O) groups is 1. The van der Waals surface area contributed by atoms with Crippen molar-refractivity contribution in [3.63, 3.8) is 0 Å². The Bertz CT molecular complexity index is 424. The van der Waals surface area contributed by atoms with Gasteiger partial charge in [-0.15, -0.1) is 0 Å². The summed E-state index contributed by atoms with van der Waals surface area (Å²) in [5.41, 5.74) is 2.19. The van der Waals surface area contributed by atoms with Crippen LogP contribution in [0.1, 0.15) is 30.7 Å². The minimum absolute atomic E-state index is 0.344. The van der Waals surface area contributed by atoms with Crippen molar-refractivity contribution in [1.29, 1.82) is 0 Å². The highest BCUT2D eigenvalue weighted by Gasteiger charge is 2.35. The normalized spacial score (nSPS) is 16.8. The van der Waals surface area contributed by atoms with Gasteiger partial charge >= 0.3 is 5.97 Å². The zero-order valence-electron chi connectivity index (χ0n) is 11.0. The average Bonchev–Trinajstić information content (AvgIpc) is 3.05. The molecule has 1 heterocycles. The first-order valence-corrected chi connectivity index (χ1v) is 6.55. The molecule has 0 aliphatic heterocycles. The smallest absolute Gasteiger partial charge is 0.320 e. The Morgan fingerprint density at radius 2 is 2.33 bits per heavy atom. The number of aryl methyl sites for hydroxylation is 3. The fourth-order valence-electron chi connectivity index (χ4n) is 2.27. The Morgan fingerprint density at radius 3 is 2.83 bits per heavy atom. The van der Waals surface area contributed by atoms with Crippen LogP contribution in [0, 0.1) is 19.8 Å². The van der Waals surface area contributed by atoms with Crippen molar-refractivity contribution >= 4 is 5.97 Å². The van der Waals surface area contributed by atoms with Gasteiger partial charge in [0.2, 0.25) is 0 Å². The van der Waals surface area contributed by atoms with E-state index >= 15 is 0 Å². The Hall–Kier alpha value is -1.36. The number of hydrogen-bond donors (Lipinski definition) is 2. The largest absolute Gasteiger partial charge is 0.480 e. The molecule has 1 fully saturated rings. The molecule has 5 nitrogen and oxygen atoms in total. The maximum Gasteiger partial charge on any atom is 0.320 e. The third-order valence-corrected chi connectivity index (χ3v) is 3.37. The van der Waals surface area contributed by atoms with Crippen molar-refractivity contribution < 1.29 is 9.90 Å². The van der Waals surface area contributed by atoms with Crippen molar-refractivity contribution in [1.82, 2.24) is 15.1 Å². The van der Waals surface area contributed by atoms with E-state index in [1.54, 1.807) is 0 Å². The molecule has 0 radical (unpaired) electrons. The van der Waals surface area contributed by atoms with Gasteiger partial charge in [0.05, 0.1) is 5.69 Å². The average molecular weight is 251 g/mol. The molecule has 1 saturated carbocycles. The molecule has 0 bridgehead atoms. The molecule has 1 aromatic heterocycles. The number of nitrogens with one attached hydrogen (secondary N) is 1. The molecule has 1 unspecified atom stereocenters. The molecule has 1 aromatic rings. The summed E-state index contributed by atoms with van der Waals surface area (Å²) in [5, 5.41) is 16.6. The van der Waals surface area contributed by atoms with Gasteiger partial charge in [-0.3, -0.25) is 9.48 Å². The van der Waals surface area contributed by atoms with Crippen molar-refractivity contribution in [2.75, 3.05) is 6.54 Å². The molecule has 5 heteroatoms. The highest BCUT2D eigenvalue weighted by molar-refractivity contribution is 5.74. The van der Waals surface area contributed by atoms with Gasteiger partial charge in [0.15, 0.2) is 0 Å². The third kappa shape index (κ3) is 3.32. The van der Waals surface area contributed by atoms with E-state index in [0.29, 0.717) is 5.92 Å². The van der Waals surface area contributed by atoms with E-state index < -0.39 is 5.97 Å². The summed E-state index contributed by atoms with van der Waals surface area (Å²) in [6.07, 6.45) is 2.99. The van der Waals surface area contributed by atoms with Crippen LogP contribution < -0.4 is 5.32 Å². The number of carboxylic acids is 1. The molecular formula is C13H21N3O2. The van der Waals surface area contributed by atoms with E-state index in [1.807, 2.05) is 18.5 Å². The number of carboxylic acid groups (broad SMARTS) is 1. The molecule has 1 atom stereocenters.